The maximum atomic E-state index is 12.2. The van der Waals surface area contributed by atoms with Crippen LogP contribution in [0.2, 0.25) is 0 Å². The third-order valence-electron chi connectivity index (χ3n) is 5.69. The molecule has 2 aliphatic heterocycles. The molecular weight excluding hydrogens is 430 g/mol. The van der Waals surface area contributed by atoms with Crippen LogP contribution in [-0.4, -0.2) is 57.6 Å². The van der Waals surface area contributed by atoms with E-state index in [1.165, 1.54) is 6.33 Å². The van der Waals surface area contributed by atoms with Gasteiger partial charge >= 0.3 is 6.16 Å². The van der Waals surface area contributed by atoms with E-state index in [1.54, 1.807) is 30.5 Å². The Morgan fingerprint density at radius 1 is 1.27 bits per heavy atom. The van der Waals surface area contributed by atoms with Crippen LogP contribution in [0, 0.1) is 16.7 Å². The molecule has 4 heterocycles. The summed E-state index contributed by atoms with van der Waals surface area (Å²) in [5, 5.41) is 14.4. The number of nitrogens with two attached hydrogens (primary N) is 1. The molecule has 0 bridgehead atoms. The minimum absolute atomic E-state index is 0.0106. The summed E-state index contributed by atoms with van der Waals surface area (Å²) in [6, 6.07) is 5.69. The van der Waals surface area contributed by atoms with Gasteiger partial charge in [-0.25, -0.2) is 14.3 Å². The van der Waals surface area contributed by atoms with Crippen molar-refractivity contribution in [3.8, 4) is 6.07 Å². The standard InChI is InChI=1S/C22H29N5O6/c1-20(2,3)8-9-29-19(28)30-11-22(10-23)17-16(31-21(4,5)33-17)15(32-22)13-6-7-14-18(24)25-12-26-27(13)14/h6-7,12,15-17H,8-9,11H2,1-5H3,(H2,24,25,26)/t15-,16-,17-,22+/m0/s1. The fourth-order valence-corrected chi connectivity index (χ4v) is 4.04. The Morgan fingerprint density at radius 2 is 2.03 bits per heavy atom. The molecule has 4 rings (SSSR count). The van der Waals surface area contributed by atoms with Crippen LogP contribution in [-0.2, 0) is 23.7 Å². The number of fused-ring (bicyclic) bond motifs is 2. The predicted molar refractivity (Wildman–Crippen MR) is 115 cm³/mol. The minimum atomic E-state index is -1.60. The lowest BCUT2D eigenvalue weighted by atomic mass is 9.93. The molecule has 2 aromatic rings. The van der Waals surface area contributed by atoms with Crippen molar-refractivity contribution in [2.75, 3.05) is 18.9 Å². The number of aromatic nitrogens is 3. The Bertz CT molecular complexity index is 1090. The van der Waals surface area contributed by atoms with Gasteiger partial charge in [0.2, 0.25) is 5.60 Å². The van der Waals surface area contributed by atoms with Crippen molar-refractivity contribution in [2.24, 2.45) is 5.41 Å². The van der Waals surface area contributed by atoms with Gasteiger partial charge in [-0.05, 0) is 37.8 Å². The van der Waals surface area contributed by atoms with Crippen LogP contribution in [0.3, 0.4) is 0 Å². The predicted octanol–water partition coefficient (Wildman–Crippen LogP) is 2.75. The number of ether oxygens (including phenoxy) is 5. The van der Waals surface area contributed by atoms with Crippen molar-refractivity contribution >= 4 is 17.5 Å². The van der Waals surface area contributed by atoms with E-state index in [-0.39, 0.29) is 18.6 Å². The van der Waals surface area contributed by atoms with Gasteiger partial charge in [0.1, 0.15) is 42.8 Å². The smallest absolute Gasteiger partial charge is 0.434 e. The molecule has 0 aliphatic carbocycles. The molecule has 2 N–H and O–H groups in total. The first-order valence-corrected chi connectivity index (χ1v) is 10.8. The highest BCUT2D eigenvalue weighted by molar-refractivity contribution is 5.65. The Hall–Kier alpha value is -2.94. The number of hydrogen-bond donors (Lipinski definition) is 1. The highest BCUT2D eigenvalue weighted by Crippen LogP contribution is 2.50. The Morgan fingerprint density at radius 3 is 2.73 bits per heavy atom. The summed E-state index contributed by atoms with van der Waals surface area (Å²) < 4.78 is 30.4. The fourth-order valence-electron chi connectivity index (χ4n) is 4.04. The number of nitrogens with zero attached hydrogens (tertiary/aromatic N) is 4. The molecule has 2 aromatic heterocycles. The Kier molecular flexibility index (Phi) is 5.72. The molecule has 11 heteroatoms. The first-order chi connectivity index (χ1) is 15.4. The Balaban J connectivity index is 1.56. The zero-order valence-corrected chi connectivity index (χ0v) is 19.4. The highest BCUT2D eigenvalue weighted by atomic mass is 16.8. The van der Waals surface area contributed by atoms with E-state index in [9.17, 15) is 10.1 Å². The maximum Gasteiger partial charge on any atom is 0.508 e. The number of nitriles is 1. The molecule has 0 radical (unpaired) electrons. The molecule has 33 heavy (non-hydrogen) atoms. The summed E-state index contributed by atoms with van der Waals surface area (Å²) in [7, 11) is 0. The van der Waals surface area contributed by atoms with Gasteiger partial charge in [0.15, 0.2) is 11.6 Å². The number of anilines is 1. The lowest BCUT2D eigenvalue weighted by Gasteiger charge is -2.28. The quantitative estimate of drug-likeness (QED) is 0.663. The first-order valence-electron chi connectivity index (χ1n) is 10.8. The van der Waals surface area contributed by atoms with Gasteiger partial charge in [0.05, 0.1) is 12.3 Å². The van der Waals surface area contributed by atoms with Crippen LogP contribution in [0.4, 0.5) is 10.6 Å². The van der Waals surface area contributed by atoms with Crippen LogP contribution in [0.15, 0.2) is 18.5 Å². The number of hydrogen-bond acceptors (Lipinski definition) is 10. The summed E-state index contributed by atoms with van der Waals surface area (Å²) in [5.74, 6) is -0.657. The second-order valence-electron chi connectivity index (χ2n) is 9.96. The molecule has 0 amide bonds. The minimum Gasteiger partial charge on any atom is -0.434 e. The third-order valence-corrected chi connectivity index (χ3v) is 5.69. The third kappa shape index (κ3) is 4.46. The molecule has 11 nitrogen and oxygen atoms in total. The zero-order valence-electron chi connectivity index (χ0n) is 19.4. The molecule has 0 unspecified atom stereocenters. The van der Waals surface area contributed by atoms with Crippen LogP contribution in [0.25, 0.3) is 5.52 Å². The molecule has 0 aromatic carbocycles. The largest absolute Gasteiger partial charge is 0.508 e. The summed E-state index contributed by atoms with van der Waals surface area (Å²) in [6.45, 7) is 9.47. The SMILES string of the molecule is CC(C)(C)CCOC(=O)OC[C@@]1(C#N)O[C@@H](c2ccc3c(N)ncnn23)[C@@H]2OC(C)(C)O[C@@H]21. The topological polar surface area (TPSA) is 143 Å². The fraction of sp³-hybridized carbons (Fsp3) is 0.636. The van der Waals surface area contributed by atoms with Gasteiger partial charge in [0, 0.05) is 0 Å². The number of nitrogen functional groups attached to an aromatic ring is 1. The van der Waals surface area contributed by atoms with E-state index in [0.29, 0.717) is 23.4 Å². The van der Waals surface area contributed by atoms with Gasteiger partial charge in [0.25, 0.3) is 0 Å². The molecule has 4 atom stereocenters. The lowest BCUT2D eigenvalue weighted by molar-refractivity contribution is -0.205. The zero-order chi connectivity index (χ0) is 24.0. The second kappa shape index (κ2) is 8.13. The normalized spacial score (nSPS) is 28.4. The summed E-state index contributed by atoms with van der Waals surface area (Å²) in [4.78, 5) is 16.2. The average Bonchev–Trinajstić information content (AvgIpc) is 3.36. The maximum absolute atomic E-state index is 12.2. The van der Waals surface area contributed by atoms with Gasteiger partial charge in [-0.3, -0.25) is 0 Å². The van der Waals surface area contributed by atoms with Crippen molar-refractivity contribution < 1.29 is 28.5 Å². The lowest BCUT2D eigenvalue weighted by Crippen LogP contribution is -2.46. The number of rotatable bonds is 5. The molecule has 0 spiro atoms. The number of carbonyl (C=O) groups is 1. The van der Waals surface area contributed by atoms with E-state index in [2.05, 4.69) is 16.2 Å². The van der Waals surface area contributed by atoms with Crippen molar-refractivity contribution in [1.82, 2.24) is 14.6 Å². The van der Waals surface area contributed by atoms with Crippen molar-refractivity contribution in [3.05, 3.63) is 24.2 Å². The molecule has 2 fully saturated rings. The summed E-state index contributed by atoms with van der Waals surface area (Å²) in [5.41, 5.74) is 5.57. The van der Waals surface area contributed by atoms with Crippen LogP contribution >= 0.6 is 0 Å². The van der Waals surface area contributed by atoms with E-state index >= 15 is 0 Å². The molecule has 2 aliphatic rings. The van der Waals surface area contributed by atoms with Gasteiger partial charge in [-0.2, -0.15) is 10.4 Å². The first kappa shape index (κ1) is 23.2. The van der Waals surface area contributed by atoms with Gasteiger partial charge in [-0.15, -0.1) is 0 Å². The van der Waals surface area contributed by atoms with E-state index in [4.69, 9.17) is 29.4 Å². The Labute approximate surface area is 191 Å². The van der Waals surface area contributed by atoms with Gasteiger partial charge < -0.3 is 29.4 Å². The molecular formula is C22H29N5O6. The van der Waals surface area contributed by atoms with Crippen molar-refractivity contribution in [2.45, 2.75) is 70.7 Å². The second-order valence-corrected chi connectivity index (χ2v) is 9.96. The van der Waals surface area contributed by atoms with Crippen LogP contribution in [0.1, 0.15) is 52.8 Å². The monoisotopic (exact) mass is 459 g/mol. The van der Waals surface area contributed by atoms with Crippen molar-refractivity contribution in [3.63, 3.8) is 0 Å². The highest BCUT2D eigenvalue weighted by Gasteiger charge is 2.65. The molecule has 178 valence electrons. The van der Waals surface area contributed by atoms with Gasteiger partial charge in [-0.1, -0.05) is 20.8 Å². The van der Waals surface area contributed by atoms with Crippen molar-refractivity contribution in [1.29, 1.82) is 5.26 Å². The average molecular weight is 460 g/mol. The van der Waals surface area contributed by atoms with Crippen LogP contribution in [0.5, 0.6) is 0 Å². The molecule has 2 saturated heterocycles. The molecule has 0 saturated carbocycles. The van der Waals surface area contributed by atoms with E-state index in [0.717, 1.165) is 0 Å². The summed E-state index contributed by atoms with van der Waals surface area (Å²) in [6.07, 6.45) is -1.05. The van der Waals surface area contributed by atoms with Crippen LogP contribution < -0.4 is 5.73 Å². The van der Waals surface area contributed by atoms with E-state index < -0.39 is 35.9 Å². The summed E-state index contributed by atoms with van der Waals surface area (Å²) >= 11 is 0. The van der Waals surface area contributed by atoms with E-state index in [1.807, 2.05) is 20.8 Å². The number of carbonyl (C=O) groups excluding carboxylic acids is 1.